The highest BCUT2D eigenvalue weighted by Gasteiger charge is 2.36. The molecule has 8 heteroatoms. The van der Waals surface area contributed by atoms with E-state index in [1.165, 1.54) is 4.90 Å². The lowest BCUT2D eigenvalue weighted by Crippen LogP contribution is -2.30. The number of carbonyl (C=O) groups excluding carboxylic acids is 1. The van der Waals surface area contributed by atoms with Gasteiger partial charge >= 0.3 is 6.18 Å². The molecule has 1 saturated heterocycles. The number of nitrogens with zero attached hydrogens (tertiary/aromatic N) is 2. The van der Waals surface area contributed by atoms with Crippen LogP contribution in [0.25, 0.3) is 0 Å². The van der Waals surface area contributed by atoms with Crippen molar-refractivity contribution < 1.29 is 23.1 Å². The summed E-state index contributed by atoms with van der Waals surface area (Å²) < 4.78 is 36.3. The number of hydrogen-bond donors (Lipinski definition) is 2. The van der Waals surface area contributed by atoms with Crippen LogP contribution in [0.15, 0.2) is 6.07 Å². The van der Waals surface area contributed by atoms with Gasteiger partial charge in [0, 0.05) is 31.1 Å². The zero-order valence-electron chi connectivity index (χ0n) is 11.7. The lowest BCUT2D eigenvalue weighted by atomic mass is 10.0. The molecule has 1 aromatic heterocycles. The summed E-state index contributed by atoms with van der Waals surface area (Å²) in [7, 11) is 0. The van der Waals surface area contributed by atoms with Gasteiger partial charge in [-0.15, -0.1) is 0 Å². The van der Waals surface area contributed by atoms with Crippen molar-refractivity contribution >= 4 is 5.91 Å². The first-order chi connectivity index (χ1) is 9.74. The molecule has 2 unspecified atom stereocenters. The second-order valence-electron chi connectivity index (χ2n) is 5.49. The van der Waals surface area contributed by atoms with Gasteiger partial charge in [0.15, 0.2) is 0 Å². The van der Waals surface area contributed by atoms with Crippen LogP contribution < -0.4 is 0 Å². The first kappa shape index (κ1) is 15.8. The summed E-state index contributed by atoms with van der Waals surface area (Å²) in [6, 6.07) is 1.85. The summed E-state index contributed by atoms with van der Waals surface area (Å²) in [6.45, 7) is 2.21. The Labute approximate surface area is 120 Å². The molecule has 2 atom stereocenters. The molecule has 118 valence electrons. The molecule has 0 radical (unpaired) electrons. The Bertz CT molecular complexity index is 501. The number of aromatic nitrogens is 2. The Morgan fingerprint density at radius 3 is 2.81 bits per heavy atom. The number of hydrogen-bond acceptors (Lipinski definition) is 3. The molecule has 2 N–H and O–H groups in total. The van der Waals surface area contributed by atoms with E-state index in [-0.39, 0.29) is 19.0 Å². The number of likely N-dealkylation sites (tertiary alicyclic amines) is 1. The number of amides is 1. The molecule has 1 aromatic rings. The van der Waals surface area contributed by atoms with Gasteiger partial charge in [0.1, 0.15) is 0 Å². The van der Waals surface area contributed by atoms with Crippen LogP contribution in [0.5, 0.6) is 0 Å². The van der Waals surface area contributed by atoms with Crippen LogP contribution in [0.3, 0.4) is 0 Å². The third-order valence-corrected chi connectivity index (χ3v) is 3.61. The fourth-order valence-corrected chi connectivity index (χ4v) is 2.51. The number of nitrogens with one attached hydrogen (secondary N) is 1. The Morgan fingerprint density at radius 1 is 1.52 bits per heavy atom. The normalized spacial score (nSPS) is 22.8. The fraction of sp³-hybridized carbons (Fsp3) is 0.692. The monoisotopic (exact) mass is 305 g/mol. The number of rotatable bonds is 4. The minimum atomic E-state index is -4.33. The number of alkyl halides is 3. The first-order valence-corrected chi connectivity index (χ1v) is 6.78. The first-order valence-electron chi connectivity index (χ1n) is 6.78. The summed E-state index contributed by atoms with van der Waals surface area (Å²) in [5, 5.41) is 16.8. The molecule has 21 heavy (non-hydrogen) atoms. The van der Waals surface area contributed by atoms with E-state index in [0.29, 0.717) is 6.42 Å². The van der Waals surface area contributed by atoms with Crippen LogP contribution in [-0.2, 0) is 11.2 Å². The highest BCUT2D eigenvalue weighted by molar-refractivity contribution is 5.76. The quantitative estimate of drug-likeness (QED) is 0.884. The molecule has 1 aliphatic rings. The van der Waals surface area contributed by atoms with Crippen LogP contribution in [-0.4, -0.2) is 51.5 Å². The van der Waals surface area contributed by atoms with Crippen molar-refractivity contribution in [3.05, 3.63) is 17.5 Å². The zero-order chi connectivity index (χ0) is 15.6. The molecule has 0 aromatic carbocycles. The second kappa shape index (κ2) is 6.05. The maximum atomic E-state index is 12.1. The Balaban J connectivity index is 1.87. The molecule has 1 amide bonds. The smallest absolute Gasteiger partial charge is 0.389 e. The van der Waals surface area contributed by atoms with Crippen molar-refractivity contribution in [1.29, 1.82) is 0 Å². The molecular weight excluding hydrogens is 287 g/mol. The number of aromatic amines is 1. The summed E-state index contributed by atoms with van der Waals surface area (Å²) in [6.07, 6.45) is -6.25. The van der Waals surface area contributed by atoms with Crippen LogP contribution in [0.2, 0.25) is 0 Å². The van der Waals surface area contributed by atoms with Crippen molar-refractivity contribution in [2.45, 2.75) is 38.5 Å². The number of carbonyl (C=O) groups is 1. The van der Waals surface area contributed by atoms with Gasteiger partial charge in [0.05, 0.1) is 18.2 Å². The van der Waals surface area contributed by atoms with Gasteiger partial charge in [0.25, 0.3) is 0 Å². The van der Waals surface area contributed by atoms with E-state index in [9.17, 15) is 23.1 Å². The zero-order valence-corrected chi connectivity index (χ0v) is 11.7. The van der Waals surface area contributed by atoms with Crippen molar-refractivity contribution in [2.75, 3.05) is 13.1 Å². The van der Waals surface area contributed by atoms with E-state index in [4.69, 9.17) is 0 Å². The third-order valence-electron chi connectivity index (χ3n) is 3.61. The maximum Gasteiger partial charge on any atom is 0.389 e. The summed E-state index contributed by atoms with van der Waals surface area (Å²) in [4.78, 5) is 13.0. The standard InChI is InChI=1S/C13H18F3N3O2/c1-8-4-10(18-17-8)5-9-6-19(7-11(9)20)12(21)2-3-13(14,15)16/h4,9,11,20H,2-3,5-7H2,1H3,(H,17,18). The van der Waals surface area contributed by atoms with E-state index >= 15 is 0 Å². The predicted octanol–water partition coefficient (Wildman–Crippen LogP) is 1.42. The number of aliphatic hydroxyl groups is 1. The average molecular weight is 305 g/mol. The summed E-state index contributed by atoms with van der Waals surface area (Å²) in [5.41, 5.74) is 1.68. The van der Waals surface area contributed by atoms with Crippen molar-refractivity contribution in [3.8, 4) is 0 Å². The lowest BCUT2D eigenvalue weighted by Gasteiger charge is -2.16. The number of β-amino-alcohol motifs (C(OH)–C–C–N with tert-alkyl or cyclic N) is 1. The van der Waals surface area contributed by atoms with Gasteiger partial charge in [0.2, 0.25) is 5.91 Å². The van der Waals surface area contributed by atoms with Crippen LogP contribution in [0, 0.1) is 12.8 Å². The maximum absolute atomic E-state index is 12.1. The molecular formula is C13H18F3N3O2. The molecule has 0 aliphatic carbocycles. The van der Waals surface area contributed by atoms with Crippen LogP contribution in [0.1, 0.15) is 24.2 Å². The second-order valence-corrected chi connectivity index (χ2v) is 5.49. The molecule has 0 bridgehead atoms. The largest absolute Gasteiger partial charge is 0.391 e. The predicted molar refractivity (Wildman–Crippen MR) is 68.4 cm³/mol. The van der Waals surface area contributed by atoms with E-state index in [1.807, 2.05) is 13.0 Å². The third kappa shape index (κ3) is 4.45. The van der Waals surface area contributed by atoms with Crippen molar-refractivity contribution in [2.24, 2.45) is 5.92 Å². The van der Waals surface area contributed by atoms with E-state index < -0.39 is 31.0 Å². The summed E-state index contributed by atoms with van der Waals surface area (Å²) >= 11 is 0. The minimum absolute atomic E-state index is 0.0881. The number of aliphatic hydroxyl groups excluding tert-OH is 1. The average Bonchev–Trinajstić information content (AvgIpc) is 2.93. The lowest BCUT2D eigenvalue weighted by molar-refractivity contribution is -0.148. The van der Waals surface area contributed by atoms with Gasteiger partial charge in [-0.25, -0.2) is 0 Å². The Morgan fingerprint density at radius 2 is 2.24 bits per heavy atom. The van der Waals surface area contributed by atoms with Gasteiger partial charge in [-0.2, -0.15) is 18.3 Å². The van der Waals surface area contributed by atoms with Gasteiger partial charge in [-0.3, -0.25) is 9.89 Å². The number of aryl methyl sites for hydroxylation is 1. The van der Waals surface area contributed by atoms with E-state index in [0.717, 1.165) is 11.4 Å². The highest BCUT2D eigenvalue weighted by Crippen LogP contribution is 2.25. The molecule has 0 saturated carbocycles. The molecule has 1 fully saturated rings. The molecule has 1 aliphatic heterocycles. The molecule has 2 rings (SSSR count). The van der Waals surface area contributed by atoms with Crippen LogP contribution in [0.4, 0.5) is 13.2 Å². The molecule has 5 nitrogen and oxygen atoms in total. The van der Waals surface area contributed by atoms with Crippen molar-refractivity contribution in [3.63, 3.8) is 0 Å². The Hall–Kier alpha value is -1.57. The molecule has 2 heterocycles. The van der Waals surface area contributed by atoms with E-state index in [2.05, 4.69) is 10.2 Å². The van der Waals surface area contributed by atoms with Crippen molar-refractivity contribution in [1.82, 2.24) is 15.1 Å². The molecule has 0 spiro atoms. The number of halogens is 3. The van der Waals surface area contributed by atoms with Gasteiger partial charge in [-0.1, -0.05) is 0 Å². The Kier molecular flexibility index (Phi) is 4.55. The topological polar surface area (TPSA) is 69.2 Å². The van der Waals surface area contributed by atoms with Crippen LogP contribution >= 0.6 is 0 Å². The fourth-order valence-electron chi connectivity index (χ4n) is 2.51. The SMILES string of the molecule is Cc1cc(CC2CN(C(=O)CCC(F)(F)F)CC2O)n[nH]1. The number of H-pyrrole nitrogens is 1. The van der Waals surface area contributed by atoms with Gasteiger partial charge < -0.3 is 10.0 Å². The van der Waals surface area contributed by atoms with Gasteiger partial charge in [-0.05, 0) is 19.4 Å². The highest BCUT2D eigenvalue weighted by atomic mass is 19.4. The minimum Gasteiger partial charge on any atom is -0.391 e. The van der Waals surface area contributed by atoms with E-state index in [1.54, 1.807) is 0 Å². The summed E-state index contributed by atoms with van der Waals surface area (Å²) in [5.74, 6) is -0.755.